The highest BCUT2D eigenvalue weighted by atomic mass is 19.3. The van der Waals surface area contributed by atoms with Gasteiger partial charge in [-0.1, -0.05) is 6.07 Å². The van der Waals surface area contributed by atoms with Crippen molar-refractivity contribution in [3.8, 4) is 0 Å². The first-order chi connectivity index (χ1) is 13.7. The van der Waals surface area contributed by atoms with E-state index in [0.29, 0.717) is 5.69 Å². The lowest BCUT2D eigenvalue weighted by molar-refractivity contribution is -0.138. The maximum Gasteiger partial charge on any atom is 0.289 e. The first-order valence-electron chi connectivity index (χ1n) is 9.35. The highest BCUT2D eigenvalue weighted by molar-refractivity contribution is 6.37. The van der Waals surface area contributed by atoms with Crippen molar-refractivity contribution in [3.63, 3.8) is 0 Å². The lowest BCUT2D eigenvalue weighted by Gasteiger charge is -2.28. The molecule has 10 heteroatoms. The van der Waals surface area contributed by atoms with Gasteiger partial charge in [-0.2, -0.15) is 0 Å². The number of amides is 3. The van der Waals surface area contributed by atoms with E-state index >= 15 is 0 Å². The van der Waals surface area contributed by atoms with E-state index in [1.54, 1.807) is 24.4 Å². The number of rotatable bonds is 8. The van der Waals surface area contributed by atoms with Gasteiger partial charge in [0.1, 0.15) is 6.04 Å². The quantitative estimate of drug-likeness (QED) is 0.546. The summed E-state index contributed by atoms with van der Waals surface area (Å²) in [5.74, 6) is -6.13. The molecule has 158 valence electrons. The van der Waals surface area contributed by atoms with Gasteiger partial charge >= 0.3 is 0 Å². The van der Waals surface area contributed by atoms with E-state index in [2.05, 4.69) is 20.9 Å². The van der Waals surface area contributed by atoms with Crippen molar-refractivity contribution in [2.75, 3.05) is 6.54 Å². The van der Waals surface area contributed by atoms with Crippen molar-refractivity contribution in [2.24, 2.45) is 5.92 Å². The zero-order valence-electron chi connectivity index (χ0n) is 16.0. The van der Waals surface area contributed by atoms with E-state index in [1.807, 2.05) is 0 Å². The van der Waals surface area contributed by atoms with E-state index in [0.717, 1.165) is 0 Å². The van der Waals surface area contributed by atoms with Crippen molar-refractivity contribution in [1.29, 1.82) is 0 Å². The first-order valence-corrected chi connectivity index (χ1v) is 9.35. The summed E-state index contributed by atoms with van der Waals surface area (Å²) < 4.78 is 26.3. The number of halogens is 2. The number of hydrogen-bond acceptors (Lipinski definition) is 5. The lowest BCUT2D eigenvalue weighted by Crippen LogP contribution is -2.49. The van der Waals surface area contributed by atoms with Gasteiger partial charge in [0.25, 0.3) is 5.91 Å². The molecule has 0 bridgehead atoms. The molecule has 3 amide bonds. The Morgan fingerprint density at radius 3 is 2.48 bits per heavy atom. The molecular formula is C19H24F2N4O4. The van der Waals surface area contributed by atoms with E-state index < -0.39 is 47.9 Å². The summed E-state index contributed by atoms with van der Waals surface area (Å²) in [5, 5.41) is 7.14. The maximum atomic E-state index is 13.2. The molecule has 29 heavy (non-hydrogen) atoms. The predicted molar refractivity (Wildman–Crippen MR) is 98.6 cm³/mol. The average Bonchev–Trinajstić information content (AvgIpc) is 2.70. The molecule has 1 aliphatic rings. The summed E-state index contributed by atoms with van der Waals surface area (Å²) >= 11 is 0. The van der Waals surface area contributed by atoms with Crippen molar-refractivity contribution in [3.05, 3.63) is 30.1 Å². The third-order valence-electron chi connectivity index (χ3n) is 4.67. The fourth-order valence-corrected chi connectivity index (χ4v) is 2.87. The van der Waals surface area contributed by atoms with Crippen LogP contribution in [0, 0.1) is 5.92 Å². The van der Waals surface area contributed by atoms with Crippen LogP contribution >= 0.6 is 0 Å². The number of nitrogens with one attached hydrogen (secondary N) is 3. The van der Waals surface area contributed by atoms with Crippen LogP contribution in [0.25, 0.3) is 0 Å². The summed E-state index contributed by atoms with van der Waals surface area (Å²) in [6, 6.07) is 4.18. The van der Waals surface area contributed by atoms with Crippen LogP contribution in [0.5, 0.6) is 0 Å². The molecule has 0 unspecified atom stereocenters. The zero-order valence-corrected chi connectivity index (χ0v) is 16.0. The summed E-state index contributed by atoms with van der Waals surface area (Å²) in [5.41, 5.74) is 0.578. The van der Waals surface area contributed by atoms with Crippen LogP contribution in [0.2, 0.25) is 0 Å². The molecule has 0 saturated heterocycles. The van der Waals surface area contributed by atoms with Crippen molar-refractivity contribution < 1.29 is 28.0 Å². The number of alkyl halides is 2. The molecule has 1 aromatic heterocycles. The van der Waals surface area contributed by atoms with Crippen molar-refractivity contribution in [2.45, 2.75) is 51.1 Å². The molecule has 1 atom stereocenters. The van der Waals surface area contributed by atoms with Crippen LogP contribution in [-0.4, -0.2) is 47.0 Å². The number of carbonyl (C=O) groups excluding carboxylic acids is 4. The minimum absolute atomic E-state index is 0.0576. The number of carbonyl (C=O) groups is 4. The van der Waals surface area contributed by atoms with Crippen molar-refractivity contribution in [1.82, 2.24) is 20.9 Å². The summed E-state index contributed by atoms with van der Waals surface area (Å²) in [4.78, 5) is 51.7. The monoisotopic (exact) mass is 410 g/mol. The second kappa shape index (κ2) is 10.0. The molecule has 1 heterocycles. The van der Waals surface area contributed by atoms with E-state index in [1.165, 1.54) is 6.92 Å². The van der Waals surface area contributed by atoms with E-state index in [-0.39, 0.29) is 32.2 Å². The Morgan fingerprint density at radius 1 is 1.17 bits per heavy atom. The molecular weight excluding hydrogens is 386 g/mol. The van der Waals surface area contributed by atoms with Gasteiger partial charge in [-0.25, -0.2) is 8.78 Å². The maximum absolute atomic E-state index is 13.2. The van der Waals surface area contributed by atoms with Gasteiger partial charge in [0.2, 0.25) is 23.5 Å². The van der Waals surface area contributed by atoms with Crippen LogP contribution in [0.1, 0.15) is 38.3 Å². The second-order valence-electron chi connectivity index (χ2n) is 7.01. The summed E-state index contributed by atoms with van der Waals surface area (Å²) in [7, 11) is 0. The molecule has 8 nitrogen and oxygen atoms in total. The van der Waals surface area contributed by atoms with Crippen LogP contribution in [-0.2, 0) is 25.7 Å². The molecule has 0 spiro atoms. The zero-order chi connectivity index (χ0) is 21.4. The summed E-state index contributed by atoms with van der Waals surface area (Å²) in [6.45, 7) is 0.964. The number of ketones is 1. The number of aromatic nitrogens is 1. The van der Waals surface area contributed by atoms with Gasteiger partial charge in [-0.3, -0.25) is 24.2 Å². The molecule has 1 aliphatic carbocycles. The normalized spacial score (nSPS) is 17.1. The largest absolute Gasteiger partial charge is 0.347 e. The topological polar surface area (TPSA) is 117 Å². The standard InChI is InChI=1S/C19H24F2N4O4/c1-12(25-17(28)13-5-7-19(20,21)8-6-13)16(27)24-11-15(26)18(29)23-10-14-4-2-3-9-22-14/h2-4,9,12-13H,5-8,10-11H2,1H3,(H,23,29)(H,24,27)(H,25,28)/t12-/m1/s1. The van der Waals surface area contributed by atoms with Crippen LogP contribution < -0.4 is 16.0 Å². The van der Waals surface area contributed by atoms with Crippen molar-refractivity contribution >= 4 is 23.5 Å². The van der Waals surface area contributed by atoms with Gasteiger partial charge < -0.3 is 16.0 Å². The molecule has 2 rings (SSSR count). The Balaban J connectivity index is 1.70. The molecule has 1 aromatic rings. The molecule has 1 fully saturated rings. The molecule has 0 aromatic carbocycles. The molecule has 3 N–H and O–H groups in total. The summed E-state index contributed by atoms with van der Waals surface area (Å²) in [6.07, 6.45) is 0.962. The lowest BCUT2D eigenvalue weighted by atomic mass is 9.86. The number of nitrogens with zero attached hydrogens (tertiary/aromatic N) is 1. The molecule has 1 saturated carbocycles. The highest BCUT2D eigenvalue weighted by Crippen LogP contribution is 2.36. The van der Waals surface area contributed by atoms with Crippen LogP contribution in [0.3, 0.4) is 0 Å². The van der Waals surface area contributed by atoms with Gasteiger partial charge in [-0.15, -0.1) is 0 Å². The Kier molecular flexibility index (Phi) is 7.74. The average molecular weight is 410 g/mol. The predicted octanol–water partition coefficient (Wildman–Crippen LogP) is 0.713. The van der Waals surface area contributed by atoms with Crippen LogP contribution in [0.4, 0.5) is 8.78 Å². The third-order valence-corrected chi connectivity index (χ3v) is 4.67. The van der Waals surface area contributed by atoms with Gasteiger partial charge in [0.05, 0.1) is 18.8 Å². The van der Waals surface area contributed by atoms with Crippen LogP contribution in [0.15, 0.2) is 24.4 Å². The first kappa shape index (κ1) is 22.4. The van der Waals surface area contributed by atoms with Gasteiger partial charge in [0.15, 0.2) is 0 Å². The highest BCUT2D eigenvalue weighted by Gasteiger charge is 2.37. The Hall–Kier alpha value is -2.91. The fourth-order valence-electron chi connectivity index (χ4n) is 2.87. The number of hydrogen-bond donors (Lipinski definition) is 3. The van der Waals surface area contributed by atoms with E-state index in [9.17, 15) is 28.0 Å². The molecule has 0 radical (unpaired) electrons. The fraction of sp³-hybridized carbons (Fsp3) is 0.526. The number of pyridine rings is 1. The van der Waals surface area contributed by atoms with Gasteiger partial charge in [0, 0.05) is 25.0 Å². The SMILES string of the molecule is C[C@@H](NC(=O)C1CCC(F)(F)CC1)C(=O)NCC(=O)C(=O)NCc1ccccn1. The molecule has 0 aliphatic heterocycles. The second-order valence-corrected chi connectivity index (χ2v) is 7.01. The Morgan fingerprint density at radius 2 is 1.86 bits per heavy atom. The minimum Gasteiger partial charge on any atom is -0.347 e. The number of Topliss-reactive ketones (excluding diaryl/α,β-unsaturated/α-hetero) is 1. The Labute approximate surface area is 166 Å². The smallest absolute Gasteiger partial charge is 0.289 e. The van der Waals surface area contributed by atoms with E-state index in [4.69, 9.17) is 0 Å². The van der Waals surface area contributed by atoms with Gasteiger partial charge in [-0.05, 0) is 31.9 Å². The minimum atomic E-state index is -2.74. The Bertz CT molecular complexity index is 748. The third kappa shape index (κ3) is 7.20.